The van der Waals surface area contributed by atoms with E-state index in [-0.39, 0.29) is 0 Å². The van der Waals surface area contributed by atoms with E-state index in [2.05, 4.69) is 9.88 Å². The number of ether oxygens (including phenoxy) is 2. The fraction of sp³-hybridized carbons (Fsp3) is 0.438. The molecule has 112 valence electrons. The second kappa shape index (κ2) is 7.24. The minimum absolute atomic E-state index is 0.518. The molecule has 0 atom stereocenters. The number of hydrogen-bond donors (Lipinski definition) is 0. The van der Waals surface area contributed by atoms with E-state index in [4.69, 9.17) is 13.9 Å². The van der Waals surface area contributed by atoms with Gasteiger partial charge in [0.15, 0.2) is 0 Å². The molecule has 2 aromatic rings. The van der Waals surface area contributed by atoms with Crippen LogP contribution in [0.25, 0.3) is 0 Å². The number of aryl methyl sites for hydroxylation is 1. The summed E-state index contributed by atoms with van der Waals surface area (Å²) in [7, 11) is 0. The first-order valence-electron chi connectivity index (χ1n) is 7.37. The van der Waals surface area contributed by atoms with Gasteiger partial charge in [0.05, 0.1) is 19.4 Å². The highest BCUT2D eigenvalue weighted by Crippen LogP contribution is 2.23. The highest BCUT2D eigenvalue weighted by molar-refractivity contribution is 5.22. The Morgan fingerprint density at radius 2 is 2.10 bits per heavy atom. The van der Waals surface area contributed by atoms with Crippen LogP contribution in [0.5, 0.6) is 11.7 Å². The molecule has 21 heavy (non-hydrogen) atoms. The van der Waals surface area contributed by atoms with Crippen molar-refractivity contribution in [2.75, 3.05) is 32.8 Å². The molecule has 5 nitrogen and oxygen atoms in total. The summed E-state index contributed by atoms with van der Waals surface area (Å²) in [6.07, 6.45) is 5.39. The summed E-state index contributed by atoms with van der Waals surface area (Å²) < 4.78 is 16.6. The first kappa shape index (κ1) is 14.1. The first-order chi connectivity index (χ1) is 10.4. The normalized spacial score (nSPS) is 16.0. The Bertz CT molecular complexity index is 535. The number of aromatic nitrogens is 1. The zero-order chi connectivity index (χ0) is 14.3. The van der Waals surface area contributed by atoms with Crippen LogP contribution in [0.4, 0.5) is 0 Å². The first-order valence-corrected chi connectivity index (χ1v) is 7.37. The van der Waals surface area contributed by atoms with Gasteiger partial charge in [0, 0.05) is 31.8 Å². The Hall–Kier alpha value is -1.85. The Morgan fingerprint density at radius 1 is 1.19 bits per heavy atom. The predicted octanol–water partition coefficient (Wildman–Crippen LogP) is 2.73. The molecule has 0 aromatic carbocycles. The summed E-state index contributed by atoms with van der Waals surface area (Å²) in [5.41, 5.74) is 0. The van der Waals surface area contributed by atoms with Crippen molar-refractivity contribution in [1.82, 2.24) is 9.88 Å². The molecule has 5 heteroatoms. The van der Waals surface area contributed by atoms with Gasteiger partial charge in [-0.05, 0) is 31.2 Å². The molecule has 0 unspecified atom stereocenters. The van der Waals surface area contributed by atoms with Gasteiger partial charge >= 0.3 is 0 Å². The van der Waals surface area contributed by atoms with Gasteiger partial charge in [0.2, 0.25) is 0 Å². The average molecular weight is 288 g/mol. The SMILES string of the molecule is c1cncc(Oc2ccc(CCCN3CCOCC3)o2)c1. The van der Waals surface area contributed by atoms with Crippen molar-refractivity contribution in [3.63, 3.8) is 0 Å². The maximum absolute atomic E-state index is 5.68. The van der Waals surface area contributed by atoms with E-state index in [1.54, 1.807) is 12.4 Å². The van der Waals surface area contributed by atoms with E-state index in [0.29, 0.717) is 11.7 Å². The number of nitrogens with zero attached hydrogens (tertiary/aromatic N) is 2. The highest BCUT2D eigenvalue weighted by Gasteiger charge is 2.10. The van der Waals surface area contributed by atoms with Gasteiger partial charge < -0.3 is 13.9 Å². The molecular weight excluding hydrogens is 268 g/mol. The van der Waals surface area contributed by atoms with Crippen LogP contribution in [0.1, 0.15) is 12.2 Å². The fourth-order valence-corrected chi connectivity index (χ4v) is 2.37. The van der Waals surface area contributed by atoms with Crippen molar-refractivity contribution in [2.45, 2.75) is 12.8 Å². The number of hydrogen-bond acceptors (Lipinski definition) is 5. The summed E-state index contributed by atoms with van der Waals surface area (Å²) in [5.74, 6) is 2.17. The Balaban J connectivity index is 1.44. The zero-order valence-corrected chi connectivity index (χ0v) is 12.0. The Labute approximate surface area is 124 Å². The monoisotopic (exact) mass is 288 g/mol. The summed E-state index contributed by atoms with van der Waals surface area (Å²) in [6.45, 7) is 4.86. The zero-order valence-electron chi connectivity index (χ0n) is 12.0. The quantitative estimate of drug-likeness (QED) is 0.818. The van der Waals surface area contributed by atoms with Crippen molar-refractivity contribution >= 4 is 0 Å². The molecule has 1 saturated heterocycles. The third-order valence-corrected chi connectivity index (χ3v) is 3.49. The van der Waals surface area contributed by atoms with E-state index in [0.717, 1.165) is 51.4 Å². The molecule has 3 heterocycles. The van der Waals surface area contributed by atoms with Crippen LogP contribution in [-0.2, 0) is 11.2 Å². The van der Waals surface area contributed by atoms with Crippen LogP contribution in [0.15, 0.2) is 41.1 Å². The molecule has 0 N–H and O–H groups in total. The Kier molecular flexibility index (Phi) is 4.86. The van der Waals surface area contributed by atoms with E-state index >= 15 is 0 Å². The summed E-state index contributed by atoms with van der Waals surface area (Å²) >= 11 is 0. The van der Waals surface area contributed by atoms with Gasteiger partial charge in [0.25, 0.3) is 5.95 Å². The number of morpholine rings is 1. The van der Waals surface area contributed by atoms with Crippen molar-refractivity contribution in [1.29, 1.82) is 0 Å². The summed E-state index contributed by atoms with van der Waals surface area (Å²) in [4.78, 5) is 6.44. The van der Waals surface area contributed by atoms with E-state index in [1.807, 2.05) is 24.3 Å². The smallest absolute Gasteiger partial charge is 0.290 e. The standard InChI is InChI=1S/C16H20N2O3/c1-3-15(13-17-7-1)21-16-6-5-14(20-16)4-2-8-18-9-11-19-12-10-18/h1,3,5-7,13H,2,4,8-12H2. The third-order valence-electron chi connectivity index (χ3n) is 3.49. The minimum atomic E-state index is 0.518. The van der Waals surface area contributed by atoms with Gasteiger partial charge in [-0.1, -0.05) is 0 Å². The van der Waals surface area contributed by atoms with Crippen LogP contribution >= 0.6 is 0 Å². The molecule has 2 aromatic heterocycles. The van der Waals surface area contributed by atoms with Crippen molar-refractivity contribution in [2.24, 2.45) is 0 Å². The lowest BCUT2D eigenvalue weighted by Gasteiger charge is -2.26. The van der Waals surface area contributed by atoms with E-state index in [9.17, 15) is 0 Å². The van der Waals surface area contributed by atoms with Crippen LogP contribution in [0.2, 0.25) is 0 Å². The van der Waals surface area contributed by atoms with Gasteiger partial charge in [-0.25, -0.2) is 0 Å². The van der Waals surface area contributed by atoms with Crippen molar-refractivity contribution < 1.29 is 13.9 Å². The number of furan rings is 1. The fourth-order valence-electron chi connectivity index (χ4n) is 2.37. The van der Waals surface area contributed by atoms with Crippen LogP contribution in [0, 0.1) is 0 Å². The average Bonchev–Trinajstić information content (AvgIpc) is 2.97. The van der Waals surface area contributed by atoms with Gasteiger partial charge in [0.1, 0.15) is 11.5 Å². The third kappa shape index (κ3) is 4.31. The largest absolute Gasteiger partial charge is 0.431 e. The molecule has 0 spiro atoms. The highest BCUT2D eigenvalue weighted by atomic mass is 16.6. The molecule has 0 aliphatic carbocycles. The topological polar surface area (TPSA) is 47.7 Å². The summed E-state index contributed by atoms with van der Waals surface area (Å²) in [6, 6.07) is 7.53. The molecular formula is C16H20N2O3. The molecule has 1 aliphatic heterocycles. The lowest BCUT2D eigenvalue weighted by Crippen LogP contribution is -2.36. The second-order valence-electron chi connectivity index (χ2n) is 5.07. The van der Waals surface area contributed by atoms with Crippen molar-refractivity contribution in [3.8, 4) is 11.7 Å². The van der Waals surface area contributed by atoms with Gasteiger partial charge in [-0.2, -0.15) is 0 Å². The van der Waals surface area contributed by atoms with Gasteiger partial charge in [-0.15, -0.1) is 0 Å². The molecule has 0 bridgehead atoms. The van der Waals surface area contributed by atoms with Crippen LogP contribution in [0.3, 0.4) is 0 Å². The van der Waals surface area contributed by atoms with Gasteiger partial charge in [-0.3, -0.25) is 9.88 Å². The molecule has 3 rings (SSSR count). The number of rotatable bonds is 6. The van der Waals surface area contributed by atoms with Crippen molar-refractivity contribution in [3.05, 3.63) is 42.4 Å². The lowest BCUT2D eigenvalue weighted by atomic mass is 10.2. The molecule has 0 amide bonds. The lowest BCUT2D eigenvalue weighted by molar-refractivity contribution is 0.0373. The number of pyridine rings is 1. The van der Waals surface area contributed by atoms with E-state index < -0.39 is 0 Å². The summed E-state index contributed by atoms with van der Waals surface area (Å²) in [5, 5.41) is 0. The molecule has 0 saturated carbocycles. The predicted molar refractivity (Wildman–Crippen MR) is 78.6 cm³/mol. The van der Waals surface area contributed by atoms with E-state index in [1.165, 1.54) is 0 Å². The molecule has 0 radical (unpaired) electrons. The maximum Gasteiger partial charge on any atom is 0.290 e. The van der Waals surface area contributed by atoms with Crippen LogP contribution < -0.4 is 4.74 Å². The minimum Gasteiger partial charge on any atom is -0.431 e. The Morgan fingerprint density at radius 3 is 2.90 bits per heavy atom. The van der Waals surface area contributed by atoms with Crippen LogP contribution in [-0.4, -0.2) is 42.7 Å². The molecule has 1 fully saturated rings. The second-order valence-corrected chi connectivity index (χ2v) is 5.07. The molecule has 1 aliphatic rings. The maximum atomic E-state index is 5.68.